The second-order valence-electron chi connectivity index (χ2n) is 4.45. The molecule has 0 saturated carbocycles. The average Bonchev–Trinajstić information content (AvgIpc) is 2.21. The van der Waals surface area contributed by atoms with Crippen molar-refractivity contribution >= 4 is 7.26 Å². The molecular formula is C13H28P. The quantitative estimate of drug-likeness (QED) is 0.372. The molecule has 14 heavy (non-hydrogen) atoms. The first kappa shape index (κ1) is 14.4. The van der Waals surface area contributed by atoms with Crippen LogP contribution in [-0.2, 0) is 0 Å². The summed E-state index contributed by atoms with van der Waals surface area (Å²) in [6.45, 7) is 13.4. The van der Waals surface area contributed by atoms with Gasteiger partial charge < -0.3 is 0 Å². The molecule has 0 rings (SSSR count). The zero-order valence-corrected chi connectivity index (χ0v) is 11.3. The van der Waals surface area contributed by atoms with E-state index >= 15 is 0 Å². The molecule has 0 nitrogen and oxygen atoms in total. The van der Waals surface area contributed by atoms with Gasteiger partial charge in [-0.3, -0.25) is 6.66 Å². The summed E-state index contributed by atoms with van der Waals surface area (Å²) < 4.78 is 0. The van der Waals surface area contributed by atoms with Crippen molar-refractivity contribution in [2.24, 2.45) is 0 Å². The predicted molar refractivity (Wildman–Crippen MR) is 70.5 cm³/mol. The maximum atomic E-state index is 6.57. The van der Waals surface area contributed by atoms with Gasteiger partial charge in [-0.2, -0.15) is 0 Å². The standard InChI is InChI=1S/C13H28P/c1-5-8-11-14(4,12-9-6-2)13-10-7-3/h4H,5-13H2,1-3H3. The highest BCUT2D eigenvalue weighted by molar-refractivity contribution is 7.77. The van der Waals surface area contributed by atoms with E-state index in [1.54, 1.807) is 0 Å². The van der Waals surface area contributed by atoms with E-state index in [2.05, 4.69) is 20.8 Å². The Morgan fingerprint density at radius 1 is 0.714 bits per heavy atom. The van der Waals surface area contributed by atoms with E-state index in [0.29, 0.717) is 0 Å². The van der Waals surface area contributed by atoms with Crippen LogP contribution in [0.5, 0.6) is 0 Å². The van der Waals surface area contributed by atoms with Gasteiger partial charge in [0.05, 0.1) is 0 Å². The molecule has 0 aromatic rings. The van der Waals surface area contributed by atoms with E-state index in [1.807, 2.05) is 0 Å². The van der Waals surface area contributed by atoms with Crippen LogP contribution in [0.4, 0.5) is 0 Å². The molecule has 0 aliphatic carbocycles. The summed E-state index contributed by atoms with van der Waals surface area (Å²) in [4.78, 5) is 0. The highest BCUT2D eigenvalue weighted by atomic mass is 31.2. The van der Waals surface area contributed by atoms with Crippen molar-refractivity contribution < 1.29 is 0 Å². The third-order valence-electron chi connectivity index (χ3n) is 2.87. The lowest BCUT2D eigenvalue weighted by atomic mass is 10.4. The summed E-state index contributed by atoms with van der Waals surface area (Å²) in [5.74, 6) is 0. The zero-order valence-electron chi connectivity index (χ0n) is 10.4. The SMILES string of the molecule is [CH-][P+](CCCC)(CCCC)CCCC. The minimum Gasteiger partial charge on any atom is -0.288 e. The summed E-state index contributed by atoms with van der Waals surface area (Å²) >= 11 is 0. The Bertz CT molecular complexity index is 98.6. The smallest absolute Gasteiger partial charge is 0.0307 e. The van der Waals surface area contributed by atoms with E-state index in [1.165, 1.54) is 57.0 Å². The molecule has 0 aliphatic heterocycles. The van der Waals surface area contributed by atoms with Crippen LogP contribution in [0, 0.1) is 6.66 Å². The molecule has 0 heterocycles. The maximum Gasteiger partial charge on any atom is 0.0307 e. The molecule has 0 aromatic carbocycles. The van der Waals surface area contributed by atoms with Crippen LogP contribution in [0.2, 0.25) is 0 Å². The lowest BCUT2D eigenvalue weighted by molar-refractivity contribution is 0.840. The van der Waals surface area contributed by atoms with Crippen molar-refractivity contribution in [3.63, 3.8) is 0 Å². The number of hydrogen-bond acceptors (Lipinski definition) is 0. The topological polar surface area (TPSA) is 0 Å². The van der Waals surface area contributed by atoms with Gasteiger partial charge in [-0.15, -0.1) is 7.26 Å². The third kappa shape index (κ3) is 6.82. The van der Waals surface area contributed by atoms with Crippen LogP contribution in [0.15, 0.2) is 0 Å². The Hall–Kier alpha value is 0.430. The first-order chi connectivity index (χ1) is 6.68. The van der Waals surface area contributed by atoms with Crippen molar-refractivity contribution in [3.05, 3.63) is 6.66 Å². The van der Waals surface area contributed by atoms with Gasteiger partial charge in [-0.1, -0.05) is 40.0 Å². The van der Waals surface area contributed by atoms with Gasteiger partial charge in [0.25, 0.3) is 0 Å². The number of rotatable bonds is 9. The normalized spacial score (nSPS) is 12.0. The van der Waals surface area contributed by atoms with Gasteiger partial charge in [0.2, 0.25) is 0 Å². The average molecular weight is 215 g/mol. The summed E-state index contributed by atoms with van der Waals surface area (Å²) in [7, 11) is -1.02. The predicted octanol–water partition coefficient (Wildman–Crippen LogP) is 5.07. The molecule has 1 heteroatoms. The number of hydrogen-bond donors (Lipinski definition) is 0. The summed E-state index contributed by atoms with van der Waals surface area (Å²) in [6.07, 6.45) is 12.0. The fourth-order valence-corrected chi connectivity index (χ4v) is 5.26. The second-order valence-corrected chi connectivity index (χ2v) is 8.23. The Morgan fingerprint density at radius 2 is 1.00 bits per heavy atom. The molecule has 85 valence electrons. The molecule has 0 aliphatic rings. The molecule has 0 unspecified atom stereocenters. The molecule has 0 spiro atoms. The van der Waals surface area contributed by atoms with Gasteiger partial charge in [0, 0.05) is 18.5 Å². The molecule has 0 amide bonds. The first-order valence-corrected chi connectivity index (χ1v) is 8.74. The Labute approximate surface area is 92.2 Å². The molecular weight excluding hydrogens is 187 g/mol. The van der Waals surface area contributed by atoms with E-state index in [0.717, 1.165) is 0 Å². The van der Waals surface area contributed by atoms with Crippen molar-refractivity contribution in [2.75, 3.05) is 18.5 Å². The Kier molecular flexibility index (Phi) is 8.98. The van der Waals surface area contributed by atoms with Crippen molar-refractivity contribution in [1.29, 1.82) is 0 Å². The van der Waals surface area contributed by atoms with E-state index in [9.17, 15) is 0 Å². The van der Waals surface area contributed by atoms with E-state index < -0.39 is 7.26 Å². The lowest BCUT2D eigenvalue weighted by Gasteiger charge is -2.32. The molecule has 0 fully saturated rings. The maximum absolute atomic E-state index is 6.57. The fourth-order valence-electron chi connectivity index (χ4n) is 1.75. The molecule has 0 N–H and O–H groups in total. The van der Waals surface area contributed by atoms with Crippen LogP contribution in [0.25, 0.3) is 0 Å². The van der Waals surface area contributed by atoms with Crippen molar-refractivity contribution in [3.8, 4) is 0 Å². The van der Waals surface area contributed by atoms with Crippen molar-refractivity contribution in [1.82, 2.24) is 0 Å². The molecule has 0 aromatic heterocycles. The van der Waals surface area contributed by atoms with Crippen LogP contribution >= 0.6 is 7.26 Å². The van der Waals surface area contributed by atoms with Crippen LogP contribution in [-0.4, -0.2) is 18.5 Å². The third-order valence-corrected chi connectivity index (χ3v) is 6.49. The fraction of sp³-hybridized carbons (Fsp3) is 0.923. The molecule has 0 bridgehead atoms. The van der Waals surface area contributed by atoms with Gasteiger partial charge in [-0.25, -0.2) is 0 Å². The minimum atomic E-state index is -1.02. The molecule has 0 atom stereocenters. The van der Waals surface area contributed by atoms with Gasteiger partial charge in [-0.05, 0) is 19.3 Å². The van der Waals surface area contributed by atoms with Gasteiger partial charge in [0.15, 0.2) is 0 Å². The first-order valence-electron chi connectivity index (χ1n) is 6.33. The van der Waals surface area contributed by atoms with Crippen LogP contribution < -0.4 is 0 Å². The van der Waals surface area contributed by atoms with Crippen molar-refractivity contribution in [2.45, 2.75) is 59.3 Å². The van der Waals surface area contributed by atoms with Crippen LogP contribution in [0.3, 0.4) is 0 Å². The highest BCUT2D eigenvalue weighted by Gasteiger charge is 2.20. The number of unbranched alkanes of at least 4 members (excludes halogenated alkanes) is 3. The largest absolute Gasteiger partial charge is 0.288 e. The Balaban J connectivity index is 3.89. The Morgan fingerprint density at radius 3 is 1.21 bits per heavy atom. The van der Waals surface area contributed by atoms with Crippen LogP contribution in [0.1, 0.15) is 59.3 Å². The summed E-state index contributed by atoms with van der Waals surface area (Å²) in [5.41, 5.74) is 0. The van der Waals surface area contributed by atoms with Gasteiger partial charge >= 0.3 is 0 Å². The van der Waals surface area contributed by atoms with E-state index in [-0.39, 0.29) is 0 Å². The molecule has 1 radical (unpaired) electrons. The minimum absolute atomic E-state index is 1.02. The highest BCUT2D eigenvalue weighted by Crippen LogP contribution is 2.59. The zero-order chi connectivity index (χ0) is 10.9. The van der Waals surface area contributed by atoms with Gasteiger partial charge in [0.1, 0.15) is 0 Å². The second kappa shape index (κ2) is 8.72. The lowest BCUT2D eigenvalue weighted by Crippen LogP contribution is -2.05. The molecule has 0 saturated heterocycles. The summed E-state index contributed by atoms with van der Waals surface area (Å²) in [6, 6.07) is 0. The van der Waals surface area contributed by atoms with E-state index in [4.69, 9.17) is 6.66 Å². The summed E-state index contributed by atoms with van der Waals surface area (Å²) in [5, 5.41) is 0. The monoisotopic (exact) mass is 215 g/mol.